The number of sulfonamides is 1. The zero-order valence-corrected chi connectivity index (χ0v) is 13.7. The maximum absolute atomic E-state index is 11.9. The van der Waals surface area contributed by atoms with Gasteiger partial charge in [0.25, 0.3) is 0 Å². The third-order valence-electron chi connectivity index (χ3n) is 3.36. The summed E-state index contributed by atoms with van der Waals surface area (Å²) in [5.74, 6) is 0.395. The first kappa shape index (κ1) is 19.4. The summed E-state index contributed by atoms with van der Waals surface area (Å²) in [4.78, 5) is 0. The summed E-state index contributed by atoms with van der Waals surface area (Å²) in [7, 11) is -3.24. The normalized spacial score (nSPS) is 13.0. The minimum absolute atomic E-state index is 0. The molecule has 20 heavy (non-hydrogen) atoms. The Morgan fingerprint density at radius 3 is 2.20 bits per heavy atom. The molecule has 0 aliphatic heterocycles. The maximum Gasteiger partial charge on any atom is 0.211 e. The molecular weight excluding hydrogens is 296 g/mol. The fourth-order valence-electron chi connectivity index (χ4n) is 1.93. The predicted molar refractivity (Wildman–Crippen MR) is 86.5 cm³/mol. The highest BCUT2D eigenvalue weighted by Gasteiger charge is 2.17. The van der Waals surface area contributed by atoms with Gasteiger partial charge in [0.2, 0.25) is 10.0 Å². The van der Waals surface area contributed by atoms with Gasteiger partial charge in [-0.15, -0.1) is 12.4 Å². The summed E-state index contributed by atoms with van der Waals surface area (Å²) in [5, 5.41) is 0. The summed E-state index contributed by atoms with van der Waals surface area (Å²) in [6, 6.07) is 9.20. The molecule has 1 atom stereocenters. The molecule has 0 bridgehead atoms. The van der Waals surface area contributed by atoms with Crippen molar-refractivity contribution in [3.8, 4) is 0 Å². The lowest BCUT2D eigenvalue weighted by Crippen LogP contribution is -2.35. The van der Waals surface area contributed by atoms with Gasteiger partial charge in [-0.3, -0.25) is 0 Å². The fourth-order valence-corrected chi connectivity index (χ4v) is 3.57. The molecule has 0 saturated heterocycles. The van der Waals surface area contributed by atoms with Crippen LogP contribution < -0.4 is 10.5 Å². The zero-order valence-electron chi connectivity index (χ0n) is 12.1. The van der Waals surface area contributed by atoms with E-state index in [4.69, 9.17) is 5.73 Å². The number of rotatable bonds is 8. The Bertz CT molecular complexity index is 461. The summed E-state index contributed by atoms with van der Waals surface area (Å²) in [6.07, 6.45) is 1.75. The van der Waals surface area contributed by atoms with Gasteiger partial charge in [-0.1, -0.05) is 57.0 Å². The predicted octanol–water partition coefficient (Wildman–Crippen LogP) is 2.46. The Hall–Kier alpha value is -0.620. The molecule has 116 valence electrons. The third-order valence-corrected chi connectivity index (χ3v) is 4.88. The molecule has 4 nitrogen and oxygen atoms in total. The topological polar surface area (TPSA) is 72.2 Å². The molecule has 0 aromatic heterocycles. The van der Waals surface area contributed by atoms with Crippen LogP contribution in [0.25, 0.3) is 0 Å². The van der Waals surface area contributed by atoms with Crippen molar-refractivity contribution in [2.45, 2.75) is 32.7 Å². The van der Waals surface area contributed by atoms with Gasteiger partial charge < -0.3 is 5.73 Å². The molecule has 1 unspecified atom stereocenters. The molecule has 1 aromatic carbocycles. The lowest BCUT2D eigenvalue weighted by atomic mass is 10.1. The van der Waals surface area contributed by atoms with E-state index in [1.54, 1.807) is 0 Å². The second kappa shape index (κ2) is 9.34. The largest absolute Gasteiger partial charge is 0.323 e. The van der Waals surface area contributed by atoms with Crippen LogP contribution in [0, 0.1) is 5.92 Å². The standard InChI is InChI=1S/C14H24N2O2S.ClH/c1-3-12(4-2)11-19(17,18)16-10-14(15)13-8-6-5-7-9-13;/h5-9,12,14,16H,3-4,10-11,15H2,1-2H3;1H. The molecule has 0 fully saturated rings. The summed E-state index contributed by atoms with van der Waals surface area (Å²) >= 11 is 0. The van der Waals surface area contributed by atoms with Crippen LogP contribution in [0.2, 0.25) is 0 Å². The quantitative estimate of drug-likeness (QED) is 0.773. The molecule has 0 radical (unpaired) electrons. The van der Waals surface area contributed by atoms with Gasteiger partial charge in [0.15, 0.2) is 0 Å². The van der Waals surface area contributed by atoms with Crippen molar-refractivity contribution in [1.82, 2.24) is 4.72 Å². The van der Waals surface area contributed by atoms with E-state index in [1.165, 1.54) is 0 Å². The van der Waals surface area contributed by atoms with Crippen LogP contribution in [-0.2, 0) is 10.0 Å². The van der Waals surface area contributed by atoms with Crippen molar-refractivity contribution in [2.75, 3.05) is 12.3 Å². The van der Waals surface area contributed by atoms with Crippen LogP contribution in [0.3, 0.4) is 0 Å². The number of nitrogens with two attached hydrogens (primary N) is 1. The average Bonchev–Trinajstić information content (AvgIpc) is 2.43. The van der Waals surface area contributed by atoms with Gasteiger partial charge in [0.1, 0.15) is 0 Å². The lowest BCUT2D eigenvalue weighted by molar-refractivity contribution is 0.514. The fraction of sp³-hybridized carbons (Fsp3) is 0.571. The van der Waals surface area contributed by atoms with E-state index < -0.39 is 10.0 Å². The first-order chi connectivity index (χ1) is 8.98. The van der Waals surface area contributed by atoms with Crippen LogP contribution in [0.1, 0.15) is 38.3 Å². The highest BCUT2D eigenvalue weighted by Crippen LogP contribution is 2.12. The van der Waals surface area contributed by atoms with Crippen molar-refractivity contribution in [3.63, 3.8) is 0 Å². The Labute approximate surface area is 128 Å². The second-order valence-corrected chi connectivity index (χ2v) is 6.68. The van der Waals surface area contributed by atoms with Gasteiger partial charge in [0, 0.05) is 12.6 Å². The molecule has 0 amide bonds. The van der Waals surface area contributed by atoms with Gasteiger partial charge in [-0.2, -0.15) is 0 Å². The van der Waals surface area contributed by atoms with Crippen molar-refractivity contribution < 1.29 is 8.42 Å². The highest BCUT2D eigenvalue weighted by molar-refractivity contribution is 7.89. The average molecular weight is 321 g/mol. The van der Waals surface area contributed by atoms with Crippen molar-refractivity contribution in [1.29, 1.82) is 0 Å². The summed E-state index contributed by atoms with van der Waals surface area (Å²) < 4.78 is 26.5. The minimum Gasteiger partial charge on any atom is -0.323 e. The Morgan fingerprint density at radius 2 is 1.70 bits per heavy atom. The van der Waals surface area contributed by atoms with Crippen LogP contribution in [0.15, 0.2) is 30.3 Å². The SMILES string of the molecule is CCC(CC)CS(=O)(=O)NCC(N)c1ccccc1.Cl. The zero-order chi connectivity index (χ0) is 14.3. The number of nitrogens with one attached hydrogen (secondary N) is 1. The number of halogens is 1. The number of hydrogen-bond donors (Lipinski definition) is 2. The van der Waals surface area contributed by atoms with Crippen LogP contribution in [0.4, 0.5) is 0 Å². The first-order valence-corrected chi connectivity index (χ1v) is 8.41. The summed E-state index contributed by atoms with van der Waals surface area (Å²) in [5.41, 5.74) is 6.91. The molecule has 1 aromatic rings. The molecule has 0 aliphatic carbocycles. The molecule has 0 aliphatic rings. The maximum atomic E-state index is 11.9. The van der Waals surface area contributed by atoms with Gasteiger partial charge >= 0.3 is 0 Å². The van der Waals surface area contributed by atoms with Crippen molar-refractivity contribution in [3.05, 3.63) is 35.9 Å². The van der Waals surface area contributed by atoms with E-state index >= 15 is 0 Å². The summed E-state index contributed by atoms with van der Waals surface area (Å²) in [6.45, 7) is 4.27. The molecule has 0 heterocycles. The number of benzene rings is 1. The second-order valence-electron chi connectivity index (χ2n) is 4.83. The van der Waals surface area contributed by atoms with Crippen LogP contribution >= 0.6 is 12.4 Å². The van der Waals surface area contributed by atoms with Gasteiger partial charge in [-0.05, 0) is 11.5 Å². The van der Waals surface area contributed by atoms with Gasteiger partial charge in [-0.25, -0.2) is 13.1 Å². The first-order valence-electron chi connectivity index (χ1n) is 6.76. The monoisotopic (exact) mass is 320 g/mol. The molecule has 0 spiro atoms. The van der Waals surface area contributed by atoms with E-state index in [1.807, 2.05) is 44.2 Å². The van der Waals surface area contributed by atoms with Gasteiger partial charge in [0.05, 0.1) is 5.75 Å². The molecular formula is C14H25ClN2O2S. The molecule has 6 heteroatoms. The Morgan fingerprint density at radius 1 is 1.15 bits per heavy atom. The molecule has 0 saturated carbocycles. The third kappa shape index (κ3) is 6.70. The van der Waals surface area contributed by atoms with E-state index in [9.17, 15) is 8.42 Å². The smallest absolute Gasteiger partial charge is 0.211 e. The van der Waals surface area contributed by atoms with E-state index in [2.05, 4.69) is 4.72 Å². The highest BCUT2D eigenvalue weighted by atomic mass is 35.5. The van der Waals surface area contributed by atoms with Crippen molar-refractivity contribution in [2.24, 2.45) is 11.7 Å². The Kier molecular flexibility index (Phi) is 9.05. The minimum atomic E-state index is -3.24. The molecule has 1 rings (SSSR count). The van der Waals surface area contributed by atoms with Crippen LogP contribution in [0.5, 0.6) is 0 Å². The van der Waals surface area contributed by atoms with Crippen LogP contribution in [-0.4, -0.2) is 20.7 Å². The Balaban J connectivity index is 0.00000361. The van der Waals surface area contributed by atoms with E-state index in [-0.39, 0.29) is 36.7 Å². The lowest BCUT2D eigenvalue weighted by Gasteiger charge is -2.16. The number of hydrogen-bond acceptors (Lipinski definition) is 3. The van der Waals surface area contributed by atoms with Crippen molar-refractivity contribution >= 4 is 22.4 Å². The van der Waals surface area contributed by atoms with E-state index in [0.29, 0.717) is 0 Å². The molecule has 3 N–H and O–H groups in total. The van der Waals surface area contributed by atoms with E-state index in [0.717, 1.165) is 18.4 Å².